The Labute approximate surface area is 168 Å². The molecule has 5 nitrogen and oxygen atoms in total. The zero-order valence-corrected chi connectivity index (χ0v) is 16.3. The third-order valence-corrected chi connectivity index (χ3v) is 5.21. The number of nitrogens with one attached hydrogen (secondary N) is 1. The summed E-state index contributed by atoms with van der Waals surface area (Å²) in [5.74, 6) is 1.15. The number of aromatic amines is 1. The average Bonchev–Trinajstić information content (AvgIpc) is 3.15. The molecule has 6 heteroatoms. The molecule has 0 unspecified atom stereocenters. The van der Waals surface area contributed by atoms with Crippen LogP contribution in [0, 0.1) is 0 Å². The van der Waals surface area contributed by atoms with Gasteiger partial charge in [-0.2, -0.15) is 0 Å². The largest absolute Gasteiger partial charge is 0.493 e. The van der Waals surface area contributed by atoms with E-state index in [4.69, 9.17) is 21.1 Å². The van der Waals surface area contributed by atoms with E-state index in [0.29, 0.717) is 24.6 Å². The highest BCUT2D eigenvalue weighted by Crippen LogP contribution is 2.31. The van der Waals surface area contributed by atoms with Gasteiger partial charge in [-0.15, -0.1) is 0 Å². The van der Waals surface area contributed by atoms with Crippen molar-refractivity contribution in [1.82, 2.24) is 9.88 Å². The lowest BCUT2D eigenvalue weighted by molar-refractivity contribution is -0.132. The lowest BCUT2D eigenvalue weighted by Crippen LogP contribution is -2.37. The van der Waals surface area contributed by atoms with Crippen molar-refractivity contribution in [2.24, 2.45) is 0 Å². The number of carbonyl (C=O) groups excluding carboxylic acids is 1. The van der Waals surface area contributed by atoms with Gasteiger partial charge in [0.15, 0.2) is 18.1 Å². The normalized spacial score (nSPS) is 14.1. The van der Waals surface area contributed by atoms with Crippen LogP contribution in [0.4, 0.5) is 0 Å². The van der Waals surface area contributed by atoms with Gasteiger partial charge < -0.3 is 19.4 Å². The maximum Gasteiger partial charge on any atom is 0.260 e. The van der Waals surface area contributed by atoms with Crippen LogP contribution < -0.4 is 9.47 Å². The molecule has 1 N–H and O–H groups in total. The molecule has 4 rings (SSSR count). The highest BCUT2D eigenvalue weighted by molar-refractivity contribution is 6.31. The quantitative estimate of drug-likeness (QED) is 0.689. The van der Waals surface area contributed by atoms with Crippen molar-refractivity contribution >= 4 is 34.0 Å². The Bertz CT molecular complexity index is 1040. The average molecular weight is 397 g/mol. The highest BCUT2D eigenvalue weighted by atomic mass is 35.5. The number of H-pyrrole nitrogens is 1. The number of fused-ring (bicyclic) bond motifs is 1. The molecule has 1 aliphatic heterocycles. The van der Waals surface area contributed by atoms with Crippen molar-refractivity contribution in [3.05, 3.63) is 65.3 Å². The van der Waals surface area contributed by atoms with Crippen molar-refractivity contribution in [2.45, 2.75) is 6.42 Å². The van der Waals surface area contributed by atoms with E-state index in [2.05, 4.69) is 11.1 Å². The van der Waals surface area contributed by atoms with Gasteiger partial charge in [0, 0.05) is 40.8 Å². The van der Waals surface area contributed by atoms with Crippen molar-refractivity contribution in [3.8, 4) is 11.5 Å². The van der Waals surface area contributed by atoms with Crippen LogP contribution in [0.25, 0.3) is 16.5 Å². The third-order valence-electron chi connectivity index (χ3n) is 4.97. The van der Waals surface area contributed by atoms with Gasteiger partial charge in [0.25, 0.3) is 5.91 Å². The number of ether oxygens (including phenoxy) is 2. The predicted octanol–water partition coefficient (Wildman–Crippen LogP) is 4.52. The molecular weight excluding hydrogens is 376 g/mol. The summed E-state index contributed by atoms with van der Waals surface area (Å²) in [4.78, 5) is 17.6. The zero-order chi connectivity index (χ0) is 19.5. The molecule has 1 aromatic heterocycles. The van der Waals surface area contributed by atoms with E-state index in [1.165, 1.54) is 5.57 Å². The fraction of sp³-hybridized carbons (Fsp3) is 0.227. The van der Waals surface area contributed by atoms with Gasteiger partial charge in [0.1, 0.15) is 0 Å². The molecule has 0 saturated carbocycles. The topological polar surface area (TPSA) is 54.6 Å². The number of halogens is 1. The van der Waals surface area contributed by atoms with Crippen LogP contribution in [0.1, 0.15) is 12.0 Å². The van der Waals surface area contributed by atoms with Gasteiger partial charge >= 0.3 is 0 Å². The molecule has 28 heavy (non-hydrogen) atoms. The molecule has 144 valence electrons. The summed E-state index contributed by atoms with van der Waals surface area (Å²) in [7, 11) is 1.58. The summed E-state index contributed by atoms with van der Waals surface area (Å²) >= 11 is 6.15. The number of hydrogen-bond acceptors (Lipinski definition) is 3. The van der Waals surface area contributed by atoms with Crippen LogP contribution in [0.15, 0.2) is 54.7 Å². The summed E-state index contributed by atoms with van der Waals surface area (Å²) in [5.41, 5.74) is 3.43. The zero-order valence-electron chi connectivity index (χ0n) is 15.6. The first-order chi connectivity index (χ1) is 13.7. The van der Waals surface area contributed by atoms with E-state index in [0.717, 1.165) is 27.9 Å². The summed E-state index contributed by atoms with van der Waals surface area (Å²) in [6, 6.07) is 13.2. The second-order valence-electron chi connectivity index (χ2n) is 6.65. The van der Waals surface area contributed by atoms with E-state index >= 15 is 0 Å². The van der Waals surface area contributed by atoms with E-state index in [1.54, 1.807) is 18.1 Å². The van der Waals surface area contributed by atoms with Crippen molar-refractivity contribution in [3.63, 3.8) is 0 Å². The lowest BCUT2D eigenvalue weighted by Gasteiger charge is -2.26. The van der Waals surface area contributed by atoms with Crippen LogP contribution in [0.2, 0.25) is 5.02 Å². The molecule has 0 aliphatic carbocycles. The second kappa shape index (κ2) is 7.98. The highest BCUT2D eigenvalue weighted by Gasteiger charge is 2.20. The van der Waals surface area contributed by atoms with E-state index < -0.39 is 0 Å². The van der Waals surface area contributed by atoms with Crippen molar-refractivity contribution in [2.75, 3.05) is 26.8 Å². The number of rotatable bonds is 5. The molecule has 0 bridgehead atoms. The van der Waals surface area contributed by atoms with Crippen molar-refractivity contribution in [1.29, 1.82) is 0 Å². The summed E-state index contributed by atoms with van der Waals surface area (Å²) < 4.78 is 10.9. The molecule has 1 amide bonds. The lowest BCUT2D eigenvalue weighted by atomic mass is 9.99. The summed E-state index contributed by atoms with van der Waals surface area (Å²) in [5, 5.41) is 1.83. The minimum atomic E-state index is -0.0387. The predicted molar refractivity (Wildman–Crippen MR) is 111 cm³/mol. The van der Waals surface area contributed by atoms with Crippen LogP contribution in [-0.2, 0) is 4.79 Å². The van der Waals surface area contributed by atoms with Gasteiger partial charge in [-0.05, 0) is 42.3 Å². The molecule has 0 fully saturated rings. The number of benzene rings is 2. The molecule has 2 aromatic carbocycles. The molecule has 3 aromatic rings. The van der Waals surface area contributed by atoms with Crippen molar-refractivity contribution < 1.29 is 14.3 Å². The molecule has 0 atom stereocenters. The molecular formula is C22H21ClN2O3. The fourth-order valence-corrected chi connectivity index (χ4v) is 3.64. The summed E-state index contributed by atoms with van der Waals surface area (Å²) in [6.07, 6.45) is 4.91. The number of aromatic nitrogens is 1. The first-order valence-corrected chi connectivity index (χ1v) is 9.53. The number of hydrogen-bond donors (Lipinski definition) is 1. The summed E-state index contributed by atoms with van der Waals surface area (Å²) in [6.45, 7) is 1.22. The van der Waals surface area contributed by atoms with Gasteiger partial charge in [-0.1, -0.05) is 29.8 Å². The Morgan fingerprint density at radius 2 is 2.04 bits per heavy atom. The maximum atomic E-state index is 12.5. The number of methoxy groups -OCH3 is 1. The molecule has 0 radical (unpaired) electrons. The van der Waals surface area contributed by atoms with E-state index in [9.17, 15) is 4.79 Å². The molecule has 0 saturated heterocycles. The first-order valence-electron chi connectivity index (χ1n) is 9.15. The van der Waals surface area contributed by atoms with Crippen LogP contribution in [-0.4, -0.2) is 42.6 Å². The monoisotopic (exact) mass is 396 g/mol. The second-order valence-corrected chi connectivity index (χ2v) is 7.09. The van der Waals surface area contributed by atoms with Crippen LogP contribution in [0.3, 0.4) is 0 Å². The Morgan fingerprint density at radius 1 is 1.21 bits per heavy atom. The Balaban J connectivity index is 1.42. The Hall–Kier alpha value is -2.92. The Kier molecular flexibility index (Phi) is 5.26. The molecule has 2 heterocycles. The minimum absolute atomic E-state index is 0.00770. The van der Waals surface area contributed by atoms with Gasteiger partial charge in [-0.25, -0.2) is 0 Å². The van der Waals surface area contributed by atoms with Crippen LogP contribution in [0.5, 0.6) is 11.5 Å². The van der Waals surface area contributed by atoms with Gasteiger partial charge in [0.05, 0.1) is 7.11 Å². The number of nitrogens with zero attached hydrogens (tertiary/aromatic N) is 1. The molecule has 0 spiro atoms. The number of carbonyl (C=O) groups is 1. The Morgan fingerprint density at radius 3 is 2.79 bits per heavy atom. The van der Waals surface area contributed by atoms with Crippen LogP contribution >= 0.6 is 11.6 Å². The number of para-hydroxylation sites is 2. The fourth-order valence-electron chi connectivity index (χ4n) is 3.47. The smallest absolute Gasteiger partial charge is 0.260 e. The maximum absolute atomic E-state index is 12.5. The van der Waals surface area contributed by atoms with E-state index in [1.807, 2.05) is 42.6 Å². The van der Waals surface area contributed by atoms with Gasteiger partial charge in [0.2, 0.25) is 0 Å². The minimum Gasteiger partial charge on any atom is -0.493 e. The SMILES string of the molecule is COc1ccccc1OCC(=O)N1CC=C(c2c[nH]c3ccc(Cl)cc23)CC1. The standard InChI is InChI=1S/C22H21ClN2O3/c1-27-20-4-2-3-5-21(20)28-14-22(26)25-10-8-15(9-11-25)18-13-24-19-7-6-16(23)12-17(18)19/h2-8,12-13,24H,9-11,14H2,1H3. The van der Waals surface area contributed by atoms with E-state index in [-0.39, 0.29) is 12.5 Å². The first kappa shape index (κ1) is 18.4. The number of amides is 1. The molecule has 1 aliphatic rings. The van der Waals surface area contributed by atoms with Gasteiger partial charge in [-0.3, -0.25) is 4.79 Å². The third kappa shape index (κ3) is 3.71.